The summed E-state index contributed by atoms with van der Waals surface area (Å²) >= 11 is 0. The molecule has 2 aliphatic carbocycles. The molecule has 0 aliphatic heterocycles. The van der Waals surface area contributed by atoms with Gasteiger partial charge in [-0.3, -0.25) is 0 Å². The molecule has 238 valence electrons. The molecule has 5 aromatic rings. The van der Waals surface area contributed by atoms with E-state index in [4.69, 9.17) is 0 Å². The van der Waals surface area contributed by atoms with Crippen molar-refractivity contribution in [2.45, 2.75) is 122 Å². The Labute approximate surface area is 278 Å². The second-order valence-corrected chi connectivity index (χ2v) is 15.7. The second-order valence-electron chi connectivity index (χ2n) is 15.7. The lowest BCUT2D eigenvalue weighted by Gasteiger charge is -2.31. The minimum Gasteiger partial charge on any atom is -0.309 e. The zero-order chi connectivity index (χ0) is 31.8. The molecule has 0 radical (unpaired) electrons. The van der Waals surface area contributed by atoms with Crippen LogP contribution in [0.3, 0.4) is 0 Å². The van der Waals surface area contributed by atoms with Crippen molar-refractivity contribution in [2.75, 3.05) is 4.90 Å². The third-order valence-electron chi connectivity index (χ3n) is 11.2. The van der Waals surface area contributed by atoms with Gasteiger partial charge in [0, 0.05) is 22.1 Å². The SMILES string of the molecule is CC(C)c1ccc(N(c2ccc(C(C)(C)C)cc2)c2c3ccc(C4CCCCC4)cc3cc3ccc(C4CCCCC4)cc23)cc1. The van der Waals surface area contributed by atoms with Gasteiger partial charge in [-0.2, -0.15) is 0 Å². The summed E-state index contributed by atoms with van der Waals surface area (Å²) in [5.41, 5.74) is 9.67. The number of fused-ring (bicyclic) bond motifs is 2. The van der Waals surface area contributed by atoms with Crippen molar-refractivity contribution in [3.63, 3.8) is 0 Å². The average molecular weight is 608 g/mol. The molecule has 0 unspecified atom stereocenters. The summed E-state index contributed by atoms with van der Waals surface area (Å²) in [6.45, 7) is 11.5. The topological polar surface area (TPSA) is 3.24 Å². The molecule has 1 heteroatoms. The lowest BCUT2D eigenvalue weighted by atomic mass is 9.82. The minimum absolute atomic E-state index is 0.110. The van der Waals surface area contributed by atoms with E-state index in [2.05, 4.69) is 131 Å². The normalized spacial score (nSPS) is 16.8. The number of anilines is 3. The average Bonchev–Trinajstić information content (AvgIpc) is 3.08. The molecule has 7 rings (SSSR count). The fourth-order valence-electron chi connectivity index (χ4n) is 8.28. The van der Waals surface area contributed by atoms with E-state index in [-0.39, 0.29) is 5.41 Å². The number of benzene rings is 5. The van der Waals surface area contributed by atoms with E-state index in [1.807, 2.05) is 0 Å². The van der Waals surface area contributed by atoms with Gasteiger partial charge in [-0.05, 0) is 118 Å². The number of hydrogen-bond donors (Lipinski definition) is 0. The van der Waals surface area contributed by atoms with E-state index in [9.17, 15) is 0 Å². The molecule has 0 amide bonds. The highest BCUT2D eigenvalue weighted by molar-refractivity contribution is 6.14. The first-order chi connectivity index (χ1) is 22.3. The van der Waals surface area contributed by atoms with Gasteiger partial charge in [0.2, 0.25) is 0 Å². The molecule has 2 aliphatic rings. The fraction of sp³-hybridized carbons (Fsp3) is 0.422. The second kappa shape index (κ2) is 12.9. The monoisotopic (exact) mass is 607 g/mol. The van der Waals surface area contributed by atoms with Gasteiger partial charge in [0.15, 0.2) is 0 Å². The van der Waals surface area contributed by atoms with Gasteiger partial charge in [0.1, 0.15) is 0 Å². The lowest BCUT2D eigenvalue weighted by molar-refractivity contribution is 0.444. The van der Waals surface area contributed by atoms with Gasteiger partial charge < -0.3 is 4.90 Å². The first-order valence-electron chi connectivity index (χ1n) is 18.3. The quantitative estimate of drug-likeness (QED) is 0.174. The molecular formula is C45H53N. The van der Waals surface area contributed by atoms with Crippen LogP contribution in [0.2, 0.25) is 0 Å². The maximum atomic E-state index is 2.56. The predicted octanol–water partition coefficient (Wildman–Crippen LogP) is 14.0. The van der Waals surface area contributed by atoms with Gasteiger partial charge in [0.05, 0.1) is 5.69 Å². The smallest absolute Gasteiger partial charge is 0.0618 e. The highest BCUT2D eigenvalue weighted by Crippen LogP contribution is 2.47. The summed E-state index contributed by atoms with van der Waals surface area (Å²) in [7, 11) is 0. The Kier molecular flexibility index (Phi) is 8.71. The first kappa shape index (κ1) is 31.0. The van der Waals surface area contributed by atoms with Crippen LogP contribution in [0.5, 0.6) is 0 Å². The van der Waals surface area contributed by atoms with E-state index >= 15 is 0 Å². The van der Waals surface area contributed by atoms with Crippen molar-refractivity contribution < 1.29 is 0 Å². The zero-order valence-electron chi connectivity index (χ0n) is 28.9. The Morgan fingerprint density at radius 1 is 0.543 bits per heavy atom. The molecule has 0 N–H and O–H groups in total. The number of nitrogens with zero attached hydrogens (tertiary/aromatic N) is 1. The van der Waals surface area contributed by atoms with Crippen molar-refractivity contribution in [1.82, 2.24) is 0 Å². The van der Waals surface area contributed by atoms with Crippen molar-refractivity contribution in [2.24, 2.45) is 0 Å². The largest absolute Gasteiger partial charge is 0.309 e. The van der Waals surface area contributed by atoms with Crippen molar-refractivity contribution in [1.29, 1.82) is 0 Å². The summed E-state index contributed by atoms with van der Waals surface area (Å²) in [5, 5.41) is 5.43. The molecule has 0 spiro atoms. The van der Waals surface area contributed by atoms with Gasteiger partial charge >= 0.3 is 0 Å². The third-order valence-corrected chi connectivity index (χ3v) is 11.2. The molecule has 2 fully saturated rings. The van der Waals surface area contributed by atoms with Crippen LogP contribution >= 0.6 is 0 Å². The standard InChI is InChI=1S/C45H53N/c1-31(2)32-18-23-40(24-19-32)46(41-25-21-39(22-26-41)45(3,4)5)44-42-27-20-35(33-12-8-6-9-13-33)28-38(42)29-37-17-16-36(30-43(37)44)34-14-10-7-11-15-34/h16-31,33-34H,6-15H2,1-5H3. The van der Waals surface area contributed by atoms with E-state index < -0.39 is 0 Å². The molecule has 0 atom stereocenters. The Bertz CT molecular complexity index is 1790. The van der Waals surface area contributed by atoms with Gasteiger partial charge in [-0.15, -0.1) is 0 Å². The molecule has 0 heterocycles. The van der Waals surface area contributed by atoms with Crippen LogP contribution in [0.1, 0.15) is 139 Å². The van der Waals surface area contributed by atoms with E-state index in [0.717, 1.165) is 0 Å². The molecule has 1 nitrogen and oxygen atoms in total. The van der Waals surface area contributed by atoms with Crippen LogP contribution in [-0.4, -0.2) is 0 Å². The van der Waals surface area contributed by atoms with Crippen LogP contribution in [0, 0.1) is 0 Å². The maximum Gasteiger partial charge on any atom is 0.0618 e. The first-order valence-corrected chi connectivity index (χ1v) is 18.3. The van der Waals surface area contributed by atoms with Gasteiger partial charge in [0.25, 0.3) is 0 Å². The molecule has 0 bridgehead atoms. The summed E-state index contributed by atoms with van der Waals surface area (Å²) in [6.07, 6.45) is 13.5. The lowest BCUT2D eigenvalue weighted by Crippen LogP contribution is -2.14. The highest BCUT2D eigenvalue weighted by Gasteiger charge is 2.24. The summed E-state index contributed by atoms with van der Waals surface area (Å²) < 4.78 is 0. The predicted molar refractivity (Wildman–Crippen MR) is 201 cm³/mol. The summed E-state index contributed by atoms with van der Waals surface area (Å²) in [6, 6.07) is 36.1. The van der Waals surface area contributed by atoms with Crippen LogP contribution < -0.4 is 4.90 Å². The highest BCUT2D eigenvalue weighted by atomic mass is 15.1. The van der Waals surface area contributed by atoms with Crippen LogP contribution in [0.4, 0.5) is 17.1 Å². The molecular weight excluding hydrogens is 555 g/mol. The van der Waals surface area contributed by atoms with Crippen molar-refractivity contribution >= 4 is 38.6 Å². The van der Waals surface area contributed by atoms with Gasteiger partial charge in [-0.1, -0.05) is 128 Å². The summed E-state index contributed by atoms with van der Waals surface area (Å²) in [4.78, 5) is 2.56. The van der Waals surface area contributed by atoms with Crippen LogP contribution in [0.25, 0.3) is 21.5 Å². The van der Waals surface area contributed by atoms with E-state index in [1.54, 1.807) is 0 Å². The van der Waals surface area contributed by atoms with E-state index in [0.29, 0.717) is 17.8 Å². The number of hydrogen-bond acceptors (Lipinski definition) is 1. The Hall–Kier alpha value is -3.58. The molecule has 0 aromatic heterocycles. The van der Waals surface area contributed by atoms with Crippen molar-refractivity contribution in [3.8, 4) is 0 Å². The van der Waals surface area contributed by atoms with Crippen LogP contribution in [0.15, 0.2) is 91.0 Å². The third kappa shape index (κ3) is 6.23. The summed E-state index contributed by atoms with van der Waals surface area (Å²) in [5.74, 6) is 1.86. The Balaban J connectivity index is 1.48. The minimum atomic E-state index is 0.110. The zero-order valence-corrected chi connectivity index (χ0v) is 28.9. The van der Waals surface area contributed by atoms with Crippen LogP contribution in [-0.2, 0) is 5.41 Å². The Morgan fingerprint density at radius 2 is 1.09 bits per heavy atom. The number of rotatable bonds is 6. The molecule has 46 heavy (non-hydrogen) atoms. The molecule has 0 saturated heterocycles. The Morgan fingerprint density at radius 3 is 1.65 bits per heavy atom. The van der Waals surface area contributed by atoms with E-state index in [1.165, 1.54) is 125 Å². The fourth-order valence-corrected chi connectivity index (χ4v) is 8.28. The van der Waals surface area contributed by atoms with Gasteiger partial charge in [-0.25, -0.2) is 0 Å². The molecule has 5 aromatic carbocycles. The van der Waals surface area contributed by atoms with Crippen molar-refractivity contribution in [3.05, 3.63) is 113 Å². The maximum absolute atomic E-state index is 2.56. The molecule has 2 saturated carbocycles.